The first-order chi connectivity index (χ1) is 8.93. The third-order valence-electron chi connectivity index (χ3n) is 2.99. The Labute approximate surface area is 104 Å². The molecule has 2 aromatic heterocycles. The Morgan fingerprint density at radius 2 is 2.50 bits per heavy atom. The van der Waals surface area contributed by atoms with Crippen LogP contribution in [0.25, 0.3) is 0 Å². The number of nitrogens with zero attached hydrogens (tertiary/aromatic N) is 4. The minimum Gasteiger partial charge on any atom is -0.369 e. The van der Waals surface area contributed by atoms with E-state index < -0.39 is 0 Å². The van der Waals surface area contributed by atoms with Crippen LogP contribution in [0.2, 0.25) is 0 Å². The molecule has 1 aliphatic heterocycles. The van der Waals surface area contributed by atoms with Crippen molar-refractivity contribution in [3.63, 3.8) is 0 Å². The van der Waals surface area contributed by atoms with E-state index in [0.717, 1.165) is 38.4 Å². The van der Waals surface area contributed by atoms with Crippen molar-refractivity contribution in [3.05, 3.63) is 30.4 Å². The third kappa shape index (κ3) is 2.41. The molecule has 1 fully saturated rings. The number of rotatable bonds is 4. The third-order valence-corrected chi connectivity index (χ3v) is 2.99. The fraction of sp³-hybridized carbons (Fsp3) is 0.545. The molecule has 1 saturated heterocycles. The zero-order chi connectivity index (χ0) is 12.2. The minimum absolute atomic E-state index is 0.0755. The highest BCUT2D eigenvalue weighted by Gasteiger charge is 2.19. The van der Waals surface area contributed by atoms with Crippen LogP contribution in [0.1, 0.15) is 17.6 Å². The minimum atomic E-state index is 0.0755. The lowest BCUT2D eigenvalue weighted by molar-refractivity contribution is 0.0227. The van der Waals surface area contributed by atoms with Crippen LogP contribution in [-0.4, -0.2) is 39.4 Å². The second-order valence-electron chi connectivity index (χ2n) is 4.17. The molecule has 0 bridgehead atoms. The van der Waals surface area contributed by atoms with Gasteiger partial charge in [0.2, 0.25) is 6.39 Å². The maximum atomic E-state index is 5.73. The Hall–Kier alpha value is -1.73. The number of hydrogen-bond donors (Lipinski definition) is 1. The Morgan fingerprint density at radius 3 is 3.28 bits per heavy atom. The summed E-state index contributed by atoms with van der Waals surface area (Å²) >= 11 is 0. The highest BCUT2D eigenvalue weighted by Crippen LogP contribution is 2.18. The van der Waals surface area contributed by atoms with Gasteiger partial charge in [0.05, 0.1) is 24.8 Å². The first-order valence-electron chi connectivity index (χ1n) is 6.01. The molecule has 1 aliphatic rings. The summed E-state index contributed by atoms with van der Waals surface area (Å²) in [6.07, 6.45) is 5.81. The smallest absolute Gasteiger partial charge is 0.213 e. The number of imidazole rings is 1. The molecule has 0 spiro atoms. The summed E-state index contributed by atoms with van der Waals surface area (Å²) in [4.78, 5) is 8.19. The van der Waals surface area contributed by atoms with Gasteiger partial charge in [0.25, 0.3) is 0 Å². The molecule has 7 heteroatoms. The van der Waals surface area contributed by atoms with Gasteiger partial charge in [0.1, 0.15) is 6.10 Å². The van der Waals surface area contributed by atoms with Crippen molar-refractivity contribution in [2.24, 2.45) is 0 Å². The van der Waals surface area contributed by atoms with Gasteiger partial charge in [-0.3, -0.25) is 0 Å². The molecular formula is C11H15N5O2. The summed E-state index contributed by atoms with van der Waals surface area (Å²) in [6.45, 7) is 3.25. The zero-order valence-corrected chi connectivity index (χ0v) is 9.95. The van der Waals surface area contributed by atoms with Crippen LogP contribution in [0.4, 0.5) is 0 Å². The number of ether oxygens (including phenoxy) is 1. The first kappa shape index (κ1) is 11.4. The van der Waals surface area contributed by atoms with E-state index in [0.29, 0.717) is 5.82 Å². The highest BCUT2D eigenvalue weighted by atomic mass is 16.5. The SMILES string of the molecule is c1nc(CCn2cncc2C2CNCCO2)no1. The van der Waals surface area contributed by atoms with Crippen molar-refractivity contribution >= 4 is 0 Å². The lowest BCUT2D eigenvalue weighted by Crippen LogP contribution is -2.34. The predicted octanol–water partition coefficient (Wildman–Crippen LogP) is 0.170. The van der Waals surface area contributed by atoms with Crippen molar-refractivity contribution in [2.45, 2.75) is 19.1 Å². The van der Waals surface area contributed by atoms with Gasteiger partial charge >= 0.3 is 0 Å². The van der Waals surface area contributed by atoms with E-state index in [1.165, 1.54) is 6.39 Å². The topological polar surface area (TPSA) is 78.0 Å². The molecule has 0 aromatic carbocycles. The van der Waals surface area contributed by atoms with Crippen molar-refractivity contribution in [1.29, 1.82) is 0 Å². The number of nitrogens with one attached hydrogen (secondary N) is 1. The maximum absolute atomic E-state index is 5.73. The molecule has 0 aliphatic carbocycles. The number of morpholine rings is 1. The number of hydrogen-bond acceptors (Lipinski definition) is 6. The van der Waals surface area contributed by atoms with Gasteiger partial charge < -0.3 is 19.1 Å². The van der Waals surface area contributed by atoms with Crippen molar-refractivity contribution in [1.82, 2.24) is 25.0 Å². The van der Waals surface area contributed by atoms with Gasteiger partial charge in [0.15, 0.2) is 5.82 Å². The number of aromatic nitrogens is 4. The highest BCUT2D eigenvalue weighted by molar-refractivity contribution is 5.05. The Balaban J connectivity index is 1.67. The fourth-order valence-corrected chi connectivity index (χ4v) is 2.06. The Bertz CT molecular complexity index is 475. The predicted molar refractivity (Wildman–Crippen MR) is 61.8 cm³/mol. The van der Waals surface area contributed by atoms with Crippen LogP contribution in [0.15, 0.2) is 23.4 Å². The van der Waals surface area contributed by atoms with E-state index in [2.05, 4.69) is 25.0 Å². The Morgan fingerprint density at radius 1 is 1.50 bits per heavy atom. The average molecular weight is 249 g/mol. The normalized spacial score (nSPS) is 20.1. The van der Waals surface area contributed by atoms with Gasteiger partial charge in [-0.2, -0.15) is 4.98 Å². The molecule has 1 N–H and O–H groups in total. The molecule has 0 saturated carbocycles. The van der Waals surface area contributed by atoms with Gasteiger partial charge in [-0.1, -0.05) is 5.16 Å². The molecule has 3 heterocycles. The van der Waals surface area contributed by atoms with Crippen LogP contribution < -0.4 is 5.32 Å². The van der Waals surface area contributed by atoms with E-state index in [1.54, 1.807) is 0 Å². The van der Waals surface area contributed by atoms with E-state index >= 15 is 0 Å². The van der Waals surface area contributed by atoms with Crippen molar-refractivity contribution in [3.8, 4) is 0 Å². The van der Waals surface area contributed by atoms with Crippen LogP contribution in [0.3, 0.4) is 0 Å². The van der Waals surface area contributed by atoms with E-state index in [-0.39, 0.29) is 6.10 Å². The average Bonchev–Trinajstić information content (AvgIpc) is 3.09. The quantitative estimate of drug-likeness (QED) is 0.832. The second kappa shape index (κ2) is 5.28. The van der Waals surface area contributed by atoms with Gasteiger partial charge in [-0.05, 0) is 0 Å². The molecule has 96 valence electrons. The molecule has 0 amide bonds. The summed E-state index contributed by atoms with van der Waals surface area (Å²) in [6, 6.07) is 0. The summed E-state index contributed by atoms with van der Waals surface area (Å²) in [5.41, 5.74) is 1.09. The van der Waals surface area contributed by atoms with Crippen LogP contribution in [-0.2, 0) is 17.7 Å². The van der Waals surface area contributed by atoms with E-state index in [4.69, 9.17) is 9.26 Å². The number of aryl methyl sites for hydroxylation is 2. The van der Waals surface area contributed by atoms with Crippen LogP contribution in [0, 0.1) is 0 Å². The molecule has 3 rings (SSSR count). The summed E-state index contributed by atoms with van der Waals surface area (Å²) < 4.78 is 12.5. The largest absolute Gasteiger partial charge is 0.369 e. The lowest BCUT2D eigenvalue weighted by Gasteiger charge is -2.24. The molecule has 1 atom stereocenters. The second-order valence-corrected chi connectivity index (χ2v) is 4.17. The summed E-state index contributed by atoms with van der Waals surface area (Å²) in [5, 5.41) is 7.11. The summed E-state index contributed by atoms with van der Waals surface area (Å²) in [7, 11) is 0. The van der Waals surface area contributed by atoms with Gasteiger partial charge in [-0.15, -0.1) is 0 Å². The van der Waals surface area contributed by atoms with Crippen molar-refractivity contribution < 1.29 is 9.26 Å². The molecule has 18 heavy (non-hydrogen) atoms. The molecular weight excluding hydrogens is 234 g/mol. The zero-order valence-electron chi connectivity index (χ0n) is 9.95. The molecule has 7 nitrogen and oxygen atoms in total. The van der Waals surface area contributed by atoms with E-state index in [9.17, 15) is 0 Å². The fourth-order valence-electron chi connectivity index (χ4n) is 2.06. The van der Waals surface area contributed by atoms with Crippen LogP contribution in [0.5, 0.6) is 0 Å². The molecule has 2 aromatic rings. The Kier molecular flexibility index (Phi) is 3.33. The van der Waals surface area contributed by atoms with E-state index in [1.807, 2.05) is 12.5 Å². The molecule has 1 unspecified atom stereocenters. The summed E-state index contributed by atoms with van der Waals surface area (Å²) in [5.74, 6) is 0.706. The maximum Gasteiger partial charge on any atom is 0.213 e. The first-order valence-corrected chi connectivity index (χ1v) is 6.01. The molecule has 0 radical (unpaired) electrons. The standard InChI is InChI=1S/C11H15N5O2/c1(11-14-8-18-15-11)3-16-7-13-5-9(16)10-6-12-2-4-17-10/h5,7-8,10,12H,1-4,6H2. The lowest BCUT2D eigenvalue weighted by atomic mass is 10.2. The van der Waals surface area contributed by atoms with Gasteiger partial charge in [0, 0.05) is 26.1 Å². The van der Waals surface area contributed by atoms with Crippen molar-refractivity contribution in [2.75, 3.05) is 19.7 Å². The monoisotopic (exact) mass is 249 g/mol. The van der Waals surface area contributed by atoms with Gasteiger partial charge in [-0.25, -0.2) is 4.98 Å². The van der Waals surface area contributed by atoms with Crippen LogP contribution >= 0.6 is 0 Å².